The predicted molar refractivity (Wildman–Crippen MR) is 59.2 cm³/mol. The van der Waals surface area contributed by atoms with E-state index in [1.54, 1.807) is 6.92 Å². The van der Waals surface area contributed by atoms with Crippen LogP contribution in [-0.2, 0) is 19.0 Å². The molecule has 2 fully saturated rings. The zero-order valence-corrected chi connectivity index (χ0v) is 10.3. The highest BCUT2D eigenvalue weighted by Gasteiger charge is 2.50. The van der Waals surface area contributed by atoms with Gasteiger partial charge in [-0.3, -0.25) is 0 Å². The van der Waals surface area contributed by atoms with E-state index in [0.717, 1.165) is 0 Å². The van der Waals surface area contributed by atoms with E-state index in [-0.39, 0.29) is 12.2 Å². The maximum atomic E-state index is 11.4. The van der Waals surface area contributed by atoms with E-state index in [4.69, 9.17) is 14.2 Å². The van der Waals surface area contributed by atoms with Crippen molar-refractivity contribution in [1.82, 2.24) is 0 Å². The fourth-order valence-electron chi connectivity index (χ4n) is 2.33. The van der Waals surface area contributed by atoms with Crippen molar-refractivity contribution in [2.45, 2.75) is 51.3 Å². The molecule has 17 heavy (non-hydrogen) atoms. The first-order chi connectivity index (χ1) is 7.93. The number of aliphatic hydroxyl groups is 1. The van der Waals surface area contributed by atoms with E-state index in [1.807, 2.05) is 13.8 Å². The Hall–Kier alpha value is -0.910. The molecule has 0 spiro atoms. The molecule has 1 aliphatic carbocycles. The van der Waals surface area contributed by atoms with Crippen LogP contribution in [0.1, 0.15) is 27.2 Å². The number of aliphatic hydroxyl groups excluding tert-OH is 1. The summed E-state index contributed by atoms with van der Waals surface area (Å²) in [7, 11) is 0. The minimum atomic E-state index is -0.689. The normalized spacial score (nSPS) is 37.2. The molecule has 0 bridgehead atoms. The zero-order chi connectivity index (χ0) is 12.6. The van der Waals surface area contributed by atoms with Crippen molar-refractivity contribution in [3.63, 3.8) is 0 Å². The molecule has 1 N–H and O–H groups in total. The van der Waals surface area contributed by atoms with Gasteiger partial charge in [-0.2, -0.15) is 0 Å². The molecule has 1 saturated carbocycles. The summed E-state index contributed by atoms with van der Waals surface area (Å²) in [4.78, 5) is 11.4. The van der Waals surface area contributed by atoms with E-state index in [0.29, 0.717) is 18.6 Å². The van der Waals surface area contributed by atoms with E-state index in [9.17, 15) is 9.90 Å². The summed E-state index contributed by atoms with van der Waals surface area (Å²) >= 11 is 0. The smallest absolute Gasteiger partial charge is 0.330 e. The maximum Gasteiger partial charge on any atom is 0.330 e. The highest BCUT2D eigenvalue weighted by Crippen LogP contribution is 2.41. The lowest BCUT2D eigenvalue weighted by Crippen LogP contribution is -2.25. The van der Waals surface area contributed by atoms with Crippen LogP contribution in [0.5, 0.6) is 0 Å². The Balaban J connectivity index is 2.14. The second kappa shape index (κ2) is 4.40. The Kier molecular flexibility index (Phi) is 3.25. The first kappa shape index (κ1) is 12.5. The van der Waals surface area contributed by atoms with Crippen molar-refractivity contribution in [3.05, 3.63) is 11.6 Å². The number of carbonyl (C=O) groups excluding carboxylic acids is 1. The van der Waals surface area contributed by atoms with Gasteiger partial charge in [0.15, 0.2) is 5.79 Å². The van der Waals surface area contributed by atoms with Gasteiger partial charge >= 0.3 is 5.97 Å². The Labute approximate surface area is 100 Å². The third-order valence-corrected chi connectivity index (χ3v) is 2.92. The van der Waals surface area contributed by atoms with Gasteiger partial charge < -0.3 is 19.3 Å². The molecule has 0 aromatic heterocycles. The van der Waals surface area contributed by atoms with Crippen molar-refractivity contribution in [1.29, 1.82) is 0 Å². The fourth-order valence-corrected chi connectivity index (χ4v) is 2.33. The third kappa shape index (κ3) is 2.51. The fraction of sp³-hybridized carbons (Fsp3) is 0.750. The van der Waals surface area contributed by atoms with E-state index in [2.05, 4.69) is 0 Å². The average molecular weight is 242 g/mol. The number of carbonyl (C=O) groups is 1. The van der Waals surface area contributed by atoms with Crippen molar-refractivity contribution in [2.24, 2.45) is 0 Å². The lowest BCUT2D eigenvalue weighted by atomic mass is 10.1. The highest BCUT2D eigenvalue weighted by molar-refractivity contribution is 5.83. The Morgan fingerprint density at radius 2 is 2.29 bits per heavy atom. The molecule has 3 atom stereocenters. The van der Waals surface area contributed by atoms with Crippen LogP contribution in [0, 0.1) is 0 Å². The molecule has 0 unspecified atom stereocenters. The van der Waals surface area contributed by atoms with Gasteiger partial charge in [-0.05, 0) is 26.3 Å². The molecule has 1 aliphatic heterocycles. The summed E-state index contributed by atoms with van der Waals surface area (Å²) in [6, 6.07) is 0. The molecular formula is C12H18O5. The lowest BCUT2D eigenvalue weighted by Gasteiger charge is -2.20. The van der Waals surface area contributed by atoms with Crippen molar-refractivity contribution in [2.75, 3.05) is 6.61 Å². The summed E-state index contributed by atoms with van der Waals surface area (Å²) < 4.78 is 16.1. The molecule has 5 nitrogen and oxygen atoms in total. The molecule has 1 heterocycles. The molecule has 96 valence electrons. The molecule has 5 heteroatoms. The lowest BCUT2D eigenvalue weighted by molar-refractivity contribution is -0.151. The van der Waals surface area contributed by atoms with Gasteiger partial charge in [-0.15, -0.1) is 0 Å². The van der Waals surface area contributed by atoms with Crippen molar-refractivity contribution < 1.29 is 24.1 Å². The van der Waals surface area contributed by atoms with Gasteiger partial charge in [0.1, 0.15) is 6.10 Å². The van der Waals surface area contributed by atoms with Crippen molar-refractivity contribution >= 4 is 5.97 Å². The van der Waals surface area contributed by atoms with Gasteiger partial charge in [0.25, 0.3) is 0 Å². The Morgan fingerprint density at radius 3 is 2.94 bits per heavy atom. The summed E-state index contributed by atoms with van der Waals surface area (Å²) in [5, 5.41) is 9.85. The van der Waals surface area contributed by atoms with Crippen LogP contribution in [0.4, 0.5) is 0 Å². The van der Waals surface area contributed by atoms with Gasteiger partial charge in [-0.25, -0.2) is 4.79 Å². The van der Waals surface area contributed by atoms with Crippen molar-refractivity contribution in [3.8, 4) is 0 Å². The summed E-state index contributed by atoms with van der Waals surface area (Å²) in [6.45, 7) is 5.69. The number of hydrogen-bond donors (Lipinski definition) is 1. The van der Waals surface area contributed by atoms with E-state index >= 15 is 0 Å². The molecule has 2 rings (SSSR count). The molecular weight excluding hydrogens is 224 g/mol. The number of esters is 1. The first-order valence-corrected chi connectivity index (χ1v) is 5.85. The quantitative estimate of drug-likeness (QED) is 0.572. The Bertz CT molecular complexity index is 347. The van der Waals surface area contributed by atoms with Crippen LogP contribution < -0.4 is 0 Å². The maximum absolute atomic E-state index is 11.4. The van der Waals surface area contributed by atoms with Crippen LogP contribution in [0.3, 0.4) is 0 Å². The SMILES string of the molecule is CCOC(=O)/C=C1\[C@H](O)C[C@H]2OC(C)(C)O[C@@H]12. The van der Waals surface area contributed by atoms with Crippen LogP contribution in [-0.4, -0.2) is 41.8 Å². The molecule has 0 radical (unpaired) electrons. The standard InChI is InChI=1S/C12H18O5/c1-4-15-10(14)5-7-8(13)6-9-11(7)17-12(2,3)16-9/h5,8-9,11,13H,4,6H2,1-3H3/b7-5+/t8-,9-,11+/m1/s1. The third-order valence-electron chi connectivity index (χ3n) is 2.92. The molecule has 1 saturated heterocycles. The molecule has 0 amide bonds. The monoisotopic (exact) mass is 242 g/mol. The number of rotatable bonds is 2. The number of ether oxygens (including phenoxy) is 3. The summed E-state index contributed by atoms with van der Waals surface area (Å²) in [5.74, 6) is -1.11. The zero-order valence-electron chi connectivity index (χ0n) is 10.3. The van der Waals surface area contributed by atoms with Gasteiger partial charge in [-0.1, -0.05) is 0 Å². The van der Waals surface area contributed by atoms with Crippen LogP contribution >= 0.6 is 0 Å². The average Bonchev–Trinajstić information content (AvgIpc) is 2.62. The highest BCUT2D eigenvalue weighted by atomic mass is 16.8. The van der Waals surface area contributed by atoms with E-state index in [1.165, 1.54) is 6.08 Å². The predicted octanol–water partition coefficient (Wildman–Crippen LogP) is 0.761. The number of hydrogen-bond acceptors (Lipinski definition) is 5. The second-order valence-electron chi connectivity index (χ2n) is 4.74. The minimum absolute atomic E-state index is 0.180. The summed E-state index contributed by atoms with van der Waals surface area (Å²) in [5.41, 5.74) is 0.555. The molecule has 2 aliphatic rings. The molecule has 0 aromatic carbocycles. The Morgan fingerprint density at radius 1 is 1.59 bits per heavy atom. The summed E-state index contributed by atoms with van der Waals surface area (Å²) in [6.07, 6.45) is 0.568. The van der Waals surface area contributed by atoms with Crippen LogP contribution in [0.2, 0.25) is 0 Å². The minimum Gasteiger partial charge on any atom is -0.463 e. The van der Waals surface area contributed by atoms with Gasteiger partial charge in [0.2, 0.25) is 0 Å². The molecule has 0 aromatic rings. The van der Waals surface area contributed by atoms with Crippen LogP contribution in [0.25, 0.3) is 0 Å². The topological polar surface area (TPSA) is 65.0 Å². The second-order valence-corrected chi connectivity index (χ2v) is 4.74. The van der Waals surface area contributed by atoms with Gasteiger partial charge in [0, 0.05) is 12.5 Å². The largest absolute Gasteiger partial charge is 0.463 e. The van der Waals surface area contributed by atoms with Crippen LogP contribution in [0.15, 0.2) is 11.6 Å². The van der Waals surface area contributed by atoms with Gasteiger partial charge in [0.05, 0.1) is 18.8 Å². The first-order valence-electron chi connectivity index (χ1n) is 5.85. The van der Waals surface area contributed by atoms with E-state index < -0.39 is 17.9 Å². The number of fused-ring (bicyclic) bond motifs is 1.